The second kappa shape index (κ2) is 6.90. The Bertz CT molecular complexity index is 761. The molecule has 3 heterocycles. The molecule has 0 aliphatic carbocycles. The lowest BCUT2D eigenvalue weighted by Crippen LogP contribution is -2.32. The molecule has 124 valence electrons. The van der Waals surface area contributed by atoms with Gasteiger partial charge in [-0.1, -0.05) is 0 Å². The first-order valence-electron chi connectivity index (χ1n) is 7.43. The van der Waals surface area contributed by atoms with Crippen LogP contribution in [-0.2, 0) is 29.3 Å². The number of sulfonamides is 1. The van der Waals surface area contributed by atoms with Crippen molar-refractivity contribution in [1.82, 2.24) is 19.3 Å². The van der Waals surface area contributed by atoms with Crippen LogP contribution in [0.3, 0.4) is 0 Å². The maximum atomic E-state index is 11.7. The minimum Gasteiger partial charge on any atom is -0.369 e. The SMILES string of the molecule is CS(=O)(=O)N1CCc2ncnc(NCCc3cscn3)c2CC1. The lowest BCUT2D eigenvalue weighted by Gasteiger charge is -2.16. The van der Waals surface area contributed by atoms with Crippen molar-refractivity contribution in [2.45, 2.75) is 19.3 Å². The van der Waals surface area contributed by atoms with Crippen LogP contribution in [0.25, 0.3) is 0 Å². The largest absolute Gasteiger partial charge is 0.369 e. The predicted octanol–water partition coefficient (Wildman–Crippen LogP) is 0.948. The zero-order chi connectivity index (χ0) is 16.3. The maximum absolute atomic E-state index is 11.7. The van der Waals surface area contributed by atoms with Gasteiger partial charge in [0, 0.05) is 43.4 Å². The lowest BCUT2D eigenvalue weighted by molar-refractivity contribution is 0.430. The number of hydrogen-bond acceptors (Lipinski definition) is 7. The molecule has 0 bridgehead atoms. The number of anilines is 1. The second-order valence-corrected chi connectivity index (χ2v) is 8.17. The van der Waals surface area contributed by atoms with E-state index >= 15 is 0 Å². The summed E-state index contributed by atoms with van der Waals surface area (Å²) in [5.74, 6) is 0.806. The van der Waals surface area contributed by atoms with Crippen LogP contribution < -0.4 is 5.32 Å². The first-order valence-corrected chi connectivity index (χ1v) is 10.2. The topological polar surface area (TPSA) is 88.1 Å². The monoisotopic (exact) mass is 353 g/mol. The van der Waals surface area contributed by atoms with E-state index in [1.807, 2.05) is 10.9 Å². The Labute approximate surface area is 139 Å². The highest BCUT2D eigenvalue weighted by atomic mass is 32.2. The number of rotatable bonds is 5. The zero-order valence-corrected chi connectivity index (χ0v) is 14.5. The van der Waals surface area contributed by atoms with E-state index in [0.717, 1.165) is 35.7 Å². The molecule has 3 rings (SSSR count). The van der Waals surface area contributed by atoms with E-state index in [0.29, 0.717) is 25.9 Å². The average molecular weight is 353 g/mol. The quantitative estimate of drug-likeness (QED) is 0.861. The molecule has 1 aliphatic rings. The molecule has 2 aromatic heterocycles. The first kappa shape index (κ1) is 16.3. The Morgan fingerprint density at radius 1 is 1.26 bits per heavy atom. The molecule has 0 fully saturated rings. The van der Waals surface area contributed by atoms with Crippen LogP contribution in [0.2, 0.25) is 0 Å². The summed E-state index contributed by atoms with van der Waals surface area (Å²) < 4.78 is 25.0. The molecule has 0 spiro atoms. The number of hydrogen-bond donors (Lipinski definition) is 1. The minimum absolute atomic E-state index is 0.472. The summed E-state index contributed by atoms with van der Waals surface area (Å²) in [5.41, 5.74) is 4.84. The van der Waals surface area contributed by atoms with Crippen molar-refractivity contribution in [2.24, 2.45) is 0 Å². The second-order valence-electron chi connectivity index (χ2n) is 5.47. The molecule has 1 N–H and O–H groups in total. The highest BCUT2D eigenvalue weighted by Gasteiger charge is 2.23. The lowest BCUT2D eigenvalue weighted by atomic mass is 10.1. The van der Waals surface area contributed by atoms with Gasteiger partial charge in [-0.3, -0.25) is 0 Å². The molecule has 0 aromatic carbocycles. The minimum atomic E-state index is -3.17. The predicted molar refractivity (Wildman–Crippen MR) is 90.2 cm³/mol. The van der Waals surface area contributed by atoms with Crippen LogP contribution in [0.4, 0.5) is 5.82 Å². The maximum Gasteiger partial charge on any atom is 0.211 e. The van der Waals surface area contributed by atoms with Crippen molar-refractivity contribution in [2.75, 3.05) is 31.2 Å². The fraction of sp³-hybridized carbons (Fsp3) is 0.500. The van der Waals surface area contributed by atoms with Crippen molar-refractivity contribution in [3.05, 3.63) is 34.2 Å². The molecule has 0 atom stereocenters. The van der Waals surface area contributed by atoms with Gasteiger partial charge in [0.15, 0.2) is 0 Å². The average Bonchev–Trinajstić information content (AvgIpc) is 2.90. The van der Waals surface area contributed by atoms with E-state index in [1.165, 1.54) is 10.6 Å². The highest BCUT2D eigenvalue weighted by molar-refractivity contribution is 7.88. The third-order valence-electron chi connectivity index (χ3n) is 3.87. The molecular formula is C14H19N5O2S2. The van der Waals surface area contributed by atoms with E-state index < -0.39 is 10.0 Å². The summed E-state index contributed by atoms with van der Waals surface area (Å²) in [6.45, 7) is 1.68. The van der Waals surface area contributed by atoms with Crippen molar-refractivity contribution in [3.8, 4) is 0 Å². The summed E-state index contributed by atoms with van der Waals surface area (Å²) in [4.78, 5) is 12.9. The number of nitrogens with zero attached hydrogens (tertiary/aromatic N) is 4. The van der Waals surface area contributed by atoms with E-state index in [2.05, 4.69) is 20.3 Å². The first-order chi connectivity index (χ1) is 11.0. The molecule has 0 saturated heterocycles. The number of fused-ring (bicyclic) bond motifs is 1. The summed E-state index contributed by atoms with van der Waals surface area (Å²) in [7, 11) is -3.17. The van der Waals surface area contributed by atoms with E-state index in [9.17, 15) is 8.42 Å². The molecule has 0 radical (unpaired) electrons. The van der Waals surface area contributed by atoms with Gasteiger partial charge in [-0.25, -0.2) is 27.7 Å². The Kier molecular flexibility index (Phi) is 4.88. The standard InChI is InChI=1S/C14H19N5O2S2/c1-23(20,21)19-6-3-12-13(4-7-19)16-9-17-14(12)15-5-2-11-8-22-10-18-11/h8-10H,2-7H2,1H3,(H,15,16,17). The van der Waals surface area contributed by atoms with Gasteiger partial charge in [-0.05, 0) is 6.42 Å². The number of thiazole rings is 1. The summed E-state index contributed by atoms with van der Waals surface area (Å²) in [6.07, 6.45) is 4.87. The van der Waals surface area contributed by atoms with Gasteiger partial charge in [0.25, 0.3) is 0 Å². The van der Waals surface area contributed by atoms with Crippen molar-refractivity contribution >= 4 is 27.2 Å². The summed E-state index contributed by atoms with van der Waals surface area (Å²) in [5, 5.41) is 5.37. The number of nitrogens with one attached hydrogen (secondary N) is 1. The van der Waals surface area contributed by atoms with Gasteiger partial charge >= 0.3 is 0 Å². The van der Waals surface area contributed by atoms with Crippen LogP contribution in [0.5, 0.6) is 0 Å². The summed E-state index contributed by atoms with van der Waals surface area (Å²) in [6, 6.07) is 0. The van der Waals surface area contributed by atoms with Crippen molar-refractivity contribution in [1.29, 1.82) is 0 Å². The van der Waals surface area contributed by atoms with Gasteiger partial charge in [0.05, 0.1) is 23.2 Å². The Hall–Kier alpha value is -1.58. The van der Waals surface area contributed by atoms with Crippen molar-refractivity contribution < 1.29 is 8.42 Å². The molecule has 7 nitrogen and oxygen atoms in total. The van der Waals surface area contributed by atoms with Gasteiger partial charge in [-0.15, -0.1) is 11.3 Å². The van der Waals surface area contributed by atoms with Gasteiger partial charge in [0.1, 0.15) is 12.1 Å². The molecule has 23 heavy (non-hydrogen) atoms. The Morgan fingerprint density at radius 2 is 2.09 bits per heavy atom. The number of aromatic nitrogens is 3. The van der Waals surface area contributed by atoms with Crippen LogP contribution >= 0.6 is 11.3 Å². The van der Waals surface area contributed by atoms with Crippen molar-refractivity contribution in [3.63, 3.8) is 0 Å². The molecule has 9 heteroatoms. The third-order valence-corrected chi connectivity index (χ3v) is 5.81. The molecule has 2 aromatic rings. The highest BCUT2D eigenvalue weighted by Crippen LogP contribution is 2.21. The summed E-state index contributed by atoms with van der Waals surface area (Å²) >= 11 is 1.59. The van der Waals surface area contributed by atoms with Crippen LogP contribution in [0.15, 0.2) is 17.2 Å². The molecular weight excluding hydrogens is 334 g/mol. The van der Waals surface area contributed by atoms with E-state index in [4.69, 9.17) is 0 Å². The molecule has 0 amide bonds. The zero-order valence-electron chi connectivity index (χ0n) is 12.9. The Balaban J connectivity index is 1.70. The van der Waals surface area contributed by atoms with Crippen LogP contribution in [0.1, 0.15) is 17.0 Å². The smallest absolute Gasteiger partial charge is 0.211 e. The van der Waals surface area contributed by atoms with Gasteiger partial charge < -0.3 is 5.32 Å². The van der Waals surface area contributed by atoms with E-state index in [-0.39, 0.29) is 0 Å². The fourth-order valence-electron chi connectivity index (χ4n) is 2.66. The third kappa shape index (κ3) is 4.04. The van der Waals surface area contributed by atoms with Gasteiger partial charge in [0.2, 0.25) is 10.0 Å². The van der Waals surface area contributed by atoms with E-state index in [1.54, 1.807) is 17.7 Å². The normalized spacial score (nSPS) is 15.9. The molecule has 0 unspecified atom stereocenters. The van der Waals surface area contributed by atoms with Gasteiger partial charge in [-0.2, -0.15) is 0 Å². The Morgan fingerprint density at radius 3 is 2.83 bits per heavy atom. The fourth-order valence-corrected chi connectivity index (χ4v) is 4.10. The molecule has 0 saturated carbocycles. The molecule has 1 aliphatic heterocycles. The van der Waals surface area contributed by atoms with Crippen LogP contribution in [-0.4, -0.2) is 53.6 Å². The van der Waals surface area contributed by atoms with Crippen LogP contribution in [0, 0.1) is 0 Å².